The number of ketones is 1. The SMILES string of the molecule is COP(=O)(OC)C(C)C(=O)c1ccccc1. The zero-order chi connectivity index (χ0) is 12.2. The van der Waals surface area contributed by atoms with E-state index in [0.717, 1.165) is 0 Å². The van der Waals surface area contributed by atoms with Crippen LogP contribution < -0.4 is 0 Å². The molecule has 0 N–H and O–H groups in total. The monoisotopic (exact) mass is 242 g/mol. The Balaban J connectivity index is 2.95. The summed E-state index contributed by atoms with van der Waals surface area (Å²) in [4.78, 5) is 12.0. The van der Waals surface area contributed by atoms with Crippen LogP contribution in [0.2, 0.25) is 0 Å². The Labute approximate surface area is 95.1 Å². The summed E-state index contributed by atoms with van der Waals surface area (Å²) in [6.07, 6.45) is 0. The summed E-state index contributed by atoms with van der Waals surface area (Å²) in [7, 11) is -0.790. The minimum atomic E-state index is -3.34. The molecular formula is C11H15O4P. The molecule has 0 saturated carbocycles. The van der Waals surface area contributed by atoms with Gasteiger partial charge in [0.25, 0.3) is 0 Å². The van der Waals surface area contributed by atoms with Crippen LogP contribution in [0, 0.1) is 0 Å². The molecule has 1 unspecified atom stereocenters. The van der Waals surface area contributed by atoms with E-state index in [4.69, 9.17) is 9.05 Å². The first-order chi connectivity index (χ1) is 7.55. The van der Waals surface area contributed by atoms with Crippen LogP contribution in [0.1, 0.15) is 17.3 Å². The summed E-state index contributed by atoms with van der Waals surface area (Å²) in [6.45, 7) is 1.54. The van der Waals surface area contributed by atoms with Crippen molar-refractivity contribution >= 4 is 13.4 Å². The normalized spacial score (nSPS) is 13.4. The van der Waals surface area contributed by atoms with E-state index in [-0.39, 0.29) is 5.78 Å². The molecule has 0 heterocycles. The summed E-state index contributed by atoms with van der Waals surface area (Å²) in [5.74, 6) is -0.243. The number of hydrogen-bond acceptors (Lipinski definition) is 4. The number of rotatable bonds is 5. The lowest BCUT2D eigenvalue weighted by Crippen LogP contribution is -2.19. The maximum atomic E-state index is 12.0. The number of hydrogen-bond donors (Lipinski definition) is 0. The second-order valence-corrected chi connectivity index (χ2v) is 5.90. The molecule has 0 saturated heterocycles. The maximum absolute atomic E-state index is 12.0. The van der Waals surface area contributed by atoms with Gasteiger partial charge in [-0.15, -0.1) is 0 Å². The zero-order valence-electron chi connectivity index (χ0n) is 9.54. The molecule has 1 rings (SSSR count). The third kappa shape index (κ3) is 2.59. The Kier molecular flexibility index (Phi) is 4.42. The Morgan fingerprint density at radius 2 is 1.69 bits per heavy atom. The summed E-state index contributed by atoms with van der Waals surface area (Å²) >= 11 is 0. The molecule has 1 aromatic carbocycles. The maximum Gasteiger partial charge on any atom is 0.340 e. The fourth-order valence-corrected chi connectivity index (χ4v) is 2.60. The van der Waals surface area contributed by atoms with Crippen LogP contribution in [0.5, 0.6) is 0 Å². The molecular weight excluding hydrogens is 227 g/mol. The molecule has 0 amide bonds. The smallest absolute Gasteiger partial charge is 0.311 e. The van der Waals surface area contributed by atoms with Crippen LogP contribution in [0.3, 0.4) is 0 Å². The van der Waals surface area contributed by atoms with Crippen molar-refractivity contribution in [1.29, 1.82) is 0 Å². The molecule has 0 bridgehead atoms. The molecule has 88 valence electrons. The molecule has 0 aliphatic heterocycles. The molecule has 0 aliphatic rings. The number of Topliss-reactive ketones (excluding diaryl/α,β-unsaturated/α-hetero) is 1. The summed E-state index contributed by atoms with van der Waals surface area (Å²) in [5, 5.41) is 0. The highest BCUT2D eigenvalue weighted by Gasteiger charge is 2.36. The Hall–Kier alpha value is -0.960. The van der Waals surface area contributed by atoms with Gasteiger partial charge in [-0.1, -0.05) is 30.3 Å². The largest absolute Gasteiger partial charge is 0.340 e. The van der Waals surface area contributed by atoms with Crippen LogP contribution in [0.4, 0.5) is 0 Å². The quantitative estimate of drug-likeness (QED) is 0.588. The third-order valence-electron chi connectivity index (χ3n) is 2.42. The van der Waals surface area contributed by atoms with E-state index >= 15 is 0 Å². The van der Waals surface area contributed by atoms with Gasteiger partial charge >= 0.3 is 7.60 Å². The van der Waals surface area contributed by atoms with Crippen molar-refractivity contribution in [3.63, 3.8) is 0 Å². The van der Waals surface area contributed by atoms with E-state index in [0.29, 0.717) is 5.56 Å². The lowest BCUT2D eigenvalue weighted by Gasteiger charge is -2.19. The Morgan fingerprint density at radius 3 is 2.12 bits per heavy atom. The van der Waals surface area contributed by atoms with Gasteiger partial charge in [0.05, 0.1) is 0 Å². The summed E-state index contributed by atoms with van der Waals surface area (Å²) in [6, 6.07) is 8.67. The molecule has 1 aromatic rings. The van der Waals surface area contributed by atoms with Crippen molar-refractivity contribution in [2.45, 2.75) is 12.6 Å². The second-order valence-electron chi connectivity index (χ2n) is 3.31. The van der Waals surface area contributed by atoms with Crippen molar-refractivity contribution in [1.82, 2.24) is 0 Å². The topological polar surface area (TPSA) is 52.6 Å². The summed E-state index contributed by atoms with van der Waals surface area (Å²) in [5.41, 5.74) is -0.297. The standard InChI is InChI=1S/C11H15O4P/c1-9(16(13,14-2)15-3)11(12)10-7-5-4-6-8-10/h4-9H,1-3H3. The highest BCUT2D eigenvalue weighted by Crippen LogP contribution is 2.52. The van der Waals surface area contributed by atoms with E-state index in [1.165, 1.54) is 14.2 Å². The molecule has 4 nitrogen and oxygen atoms in total. The van der Waals surface area contributed by atoms with E-state index in [1.54, 1.807) is 31.2 Å². The minimum absolute atomic E-state index is 0.243. The average Bonchev–Trinajstić information content (AvgIpc) is 2.37. The molecule has 0 aromatic heterocycles. The first-order valence-electron chi connectivity index (χ1n) is 4.85. The molecule has 0 radical (unpaired) electrons. The van der Waals surface area contributed by atoms with Gasteiger partial charge in [-0.2, -0.15) is 0 Å². The lowest BCUT2D eigenvalue weighted by molar-refractivity contribution is 0.0978. The van der Waals surface area contributed by atoms with Crippen molar-refractivity contribution in [3.05, 3.63) is 35.9 Å². The van der Waals surface area contributed by atoms with Gasteiger partial charge in [0.2, 0.25) is 0 Å². The van der Waals surface area contributed by atoms with Crippen molar-refractivity contribution < 1.29 is 18.4 Å². The minimum Gasteiger partial charge on any atom is -0.311 e. The fraction of sp³-hybridized carbons (Fsp3) is 0.364. The zero-order valence-corrected chi connectivity index (χ0v) is 10.4. The van der Waals surface area contributed by atoms with Crippen LogP contribution in [0.15, 0.2) is 30.3 Å². The van der Waals surface area contributed by atoms with Gasteiger partial charge in [0.1, 0.15) is 5.66 Å². The van der Waals surface area contributed by atoms with E-state index in [9.17, 15) is 9.36 Å². The van der Waals surface area contributed by atoms with Crippen LogP contribution in [-0.2, 0) is 13.6 Å². The van der Waals surface area contributed by atoms with Gasteiger partial charge in [-0.05, 0) is 6.92 Å². The predicted octanol–water partition coefficient (Wildman–Crippen LogP) is 2.74. The molecule has 0 spiro atoms. The first-order valence-corrected chi connectivity index (χ1v) is 6.47. The van der Waals surface area contributed by atoms with Gasteiger partial charge in [0.15, 0.2) is 5.78 Å². The number of carbonyl (C=O) groups excluding carboxylic acids is 1. The van der Waals surface area contributed by atoms with Crippen LogP contribution in [-0.4, -0.2) is 25.7 Å². The molecule has 0 fully saturated rings. The Bertz CT molecular complexity index is 394. The second kappa shape index (κ2) is 5.39. The third-order valence-corrected chi connectivity index (χ3v) is 4.62. The average molecular weight is 242 g/mol. The predicted molar refractivity (Wildman–Crippen MR) is 61.9 cm³/mol. The molecule has 16 heavy (non-hydrogen) atoms. The number of benzene rings is 1. The van der Waals surface area contributed by atoms with Gasteiger partial charge < -0.3 is 9.05 Å². The molecule has 0 aliphatic carbocycles. The van der Waals surface area contributed by atoms with Gasteiger partial charge in [0, 0.05) is 19.8 Å². The number of carbonyl (C=O) groups is 1. The highest BCUT2D eigenvalue weighted by molar-refractivity contribution is 7.55. The van der Waals surface area contributed by atoms with E-state index in [2.05, 4.69) is 0 Å². The van der Waals surface area contributed by atoms with Gasteiger partial charge in [-0.25, -0.2) is 0 Å². The van der Waals surface area contributed by atoms with Gasteiger partial charge in [-0.3, -0.25) is 9.36 Å². The van der Waals surface area contributed by atoms with E-state index in [1.807, 2.05) is 6.07 Å². The lowest BCUT2D eigenvalue weighted by atomic mass is 10.1. The molecule has 5 heteroatoms. The van der Waals surface area contributed by atoms with Crippen molar-refractivity contribution in [2.75, 3.05) is 14.2 Å². The van der Waals surface area contributed by atoms with E-state index < -0.39 is 13.3 Å². The van der Waals surface area contributed by atoms with Crippen molar-refractivity contribution in [3.8, 4) is 0 Å². The Morgan fingerprint density at radius 1 is 1.19 bits per heavy atom. The van der Waals surface area contributed by atoms with Crippen LogP contribution in [0.25, 0.3) is 0 Å². The first kappa shape index (κ1) is 13.1. The fourth-order valence-electron chi connectivity index (χ4n) is 1.38. The highest BCUT2D eigenvalue weighted by atomic mass is 31.2. The summed E-state index contributed by atoms with van der Waals surface area (Å²) < 4.78 is 21.6. The molecule has 1 atom stereocenters. The van der Waals surface area contributed by atoms with Crippen molar-refractivity contribution in [2.24, 2.45) is 0 Å². The van der Waals surface area contributed by atoms with Crippen LogP contribution >= 0.6 is 7.60 Å².